The molecule has 0 radical (unpaired) electrons. The van der Waals surface area contributed by atoms with E-state index in [1.165, 1.54) is 0 Å². The van der Waals surface area contributed by atoms with Crippen molar-refractivity contribution < 1.29 is 18.3 Å². The first-order valence-electron chi connectivity index (χ1n) is 4.55. The van der Waals surface area contributed by atoms with Crippen molar-refractivity contribution in [2.24, 2.45) is 5.92 Å². The number of carbonyl (C=O) groups excluding carboxylic acids is 1. The molecule has 1 aliphatic rings. The smallest absolute Gasteiger partial charge is 0.313 e. The average molecular weight is 207 g/mol. The molecule has 14 heavy (non-hydrogen) atoms. The van der Waals surface area contributed by atoms with Crippen molar-refractivity contribution in [1.29, 1.82) is 0 Å². The molecule has 0 aliphatic carbocycles. The minimum Gasteiger partial charge on any atom is -0.460 e. The molecule has 3 unspecified atom stereocenters. The van der Waals surface area contributed by atoms with E-state index in [1.54, 1.807) is 20.8 Å². The molecule has 3 atom stereocenters. The highest BCUT2D eigenvalue weighted by atomic mass is 19.2. The molecule has 1 saturated heterocycles. The number of hydrogen-bond donors (Lipinski definition) is 1. The number of nitrogens with one attached hydrogen (secondary N) is 1. The van der Waals surface area contributed by atoms with Crippen LogP contribution >= 0.6 is 0 Å². The van der Waals surface area contributed by atoms with Gasteiger partial charge in [0.15, 0.2) is 12.5 Å². The zero-order chi connectivity index (χ0) is 10.9. The summed E-state index contributed by atoms with van der Waals surface area (Å²) < 4.78 is 30.7. The van der Waals surface area contributed by atoms with Crippen LogP contribution in [0.1, 0.15) is 20.8 Å². The molecule has 1 aliphatic heterocycles. The molecule has 1 fully saturated rings. The van der Waals surface area contributed by atoms with Crippen LogP contribution in [0.3, 0.4) is 0 Å². The van der Waals surface area contributed by atoms with Crippen LogP contribution in [-0.4, -0.2) is 30.6 Å². The summed E-state index contributed by atoms with van der Waals surface area (Å²) in [6, 6.07) is 0. The molecule has 0 spiro atoms. The molecular weight excluding hydrogens is 192 g/mol. The average Bonchev–Trinajstić information content (AvgIpc) is 2.29. The van der Waals surface area contributed by atoms with Crippen LogP contribution in [0.15, 0.2) is 0 Å². The summed E-state index contributed by atoms with van der Waals surface area (Å²) in [6.07, 6.45) is -3.56. The summed E-state index contributed by atoms with van der Waals surface area (Å²) in [4.78, 5) is 11.3. The second kappa shape index (κ2) is 3.81. The highest BCUT2D eigenvalue weighted by molar-refractivity contribution is 5.74. The van der Waals surface area contributed by atoms with Crippen molar-refractivity contribution in [3.05, 3.63) is 0 Å². The van der Waals surface area contributed by atoms with Gasteiger partial charge in [-0.3, -0.25) is 10.1 Å². The van der Waals surface area contributed by atoms with E-state index in [-0.39, 0.29) is 6.54 Å². The van der Waals surface area contributed by atoms with Crippen molar-refractivity contribution in [1.82, 2.24) is 5.32 Å². The highest BCUT2D eigenvalue weighted by Gasteiger charge is 2.42. The van der Waals surface area contributed by atoms with E-state index in [1.807, 2.05) is 0 Å². The van der Waals surface area contributed by atoms with Crippen molar-refractivity contribution >= 4 is 5.97 Å². The van der Waals surface area contributed by atoms with Gasteiger partial charge in [-0.25, -0.2) is 8.78 Å². The predicted octanol–water partition coefficient (Wildman–Crippen LogP) is 1.18. The van der Waals surface area contributed by atoms with Gasteiger partial charge in [0.1, 0.15) is 11.5 Å². The van der Waals surface area contributed by atoms with Gasteiger partial charge in [0, 0.05) is 6.54 Å². The summed E-state index contributed by atoms with van der Waals surface area (Å²) in [5.74, 6) is -1.71. The first-order valence-corrected chi connectivity index (χ1v) is 4.55. The summed E-state index contributed by atoms with van der Waals surface area (Å²) in [7, 11) is 0. The van der Waals surface area contributed by atoms with E-state index >= 15 is 0 Å². The van der Waals surface area contributed by atoms with Crippen molar-refractivity contribution in [3.63, 3.8) is 0 Å². The maximum atomic E-state index is 13.1. The lowest BCUT2D eigenvalue weighted by molar-refractivity contribution is -0.161. The molecule has 1 N–H and O–H groups in total. The topological polar surface area (TPSA) is 38.3 Å². The largest absolute Gasteiger partial charge is 0.460 e. The molecule has 1 rings (SSSR count). The van der Waals surface area contributed by atoms with Gasteiger partial charge in [0.05, 0.1) is 0 Å². The van der Waals surface area contributed by atoms with Crippen LogP contribution in [0.2, 0.25) is 0 Å². The third kappa shape index (κ3) is 2.64. The lowest BCUT2D eigenvalue weighted by atomic mass is 10.1. The number of esters is 1. The molecular formula is C9H15F2NO2. The van der Waals surface area contributed by atoms with Gasteiger partial charge in [-0.15, -0.1) is 0 Å². The molecule has 0 aromatic heterocycles. The fraction of sp³-hybridized carbons (Fsp3) is 0.889. The molecule has 5 heteroatoms. The molecule has 3 nitrogen and oxygen atoms in total. The van der Waals surface area contributed by atoms with Gasteiger partial charge in [-0.1, -0.05) is 0 Å². The van der Waals surface area contributed by atoms with Gasteiger partial charge < -0.3 is 4.74 Å². The quantitative estimate of drug-likeness (QED) is 0.518. The summed E-state index contributed by atoms with van der Waals surface area (Å²) >= 11 is 0. The maximum Gasteiger partial charge on any atom is 0.313 e. The summed E-state index contributed by atoms with van der Waals surface area (Å²) in [6.45, 7) is 5.06. The molecule has 0 aromatic carbocycles. The Morgan fingerprint density at radius 2 is 2.00 bits per heavy atom. The van der Waals surface area contributed by atoms with Gasteiger partial charge in [0.2, 0.25) is 0 Å². The fourth-order valence-corrected chi connectivity index (χ4v) is 1.26. The van der Waals surface area contributed by atoms with Crippen LogP contribution in [0.25, 0.3) is 0 Å². The second-order valence-electron chi connectivity index (χ2n) is 4.39. The van der Waals surface area contributed by atoms with E-state index in [4.69, 9.17) is 4.74 Å². The molecule has 0 amide bonds. The zero-order valence-electron chi connectivity index (χ0n) is 8.51. The molecule has 82 valence electrons. The van der Waals surface area contributed by atoms with Crippen molar-refractivity contribution in [2.45, 2.75) is 38.8 Å². The molecule has 0 saturated carbocycles. The normalized spacial score (nSPS) is 33.1. The number of alkyl halides is 2. The first-order chi connectivity index (χ1) is 6.31. The van der Waals surface area contributed by atoms with Crippen LogP contribution in [0.4, 0.5) is 8.78 Å². The Morgan fingerprint density at radius 3 is 2.36 bits per heavy atom. The van der Waals surface area contributed by atoms with Crippen LogP contribution in [0, 0.1) is 5.92 Å². The minimum atomic E-state index is -1.80. The van der Waals surface area contributed by atoms with Crippen LogP contribution in [-0.2, 0) is 9.53 Å². The van der Waals surface area contributed by atoms with Crippen LogP contribution in [0.5, 0.6) is 0 Å². The number of halogens is 2. The number of hydrogen-bond acceptors (Lipinski definition) is 3. The summed E-state index contributed by atoms with van der Waals surface area (Å²) in [5, 5.41) is 2.24. The lowest BCUT2D eigenvalue weighted by Gasteiger charge is -2.22. The SMILES string of the molecule is CC(C)(C)OC(=O)C1CNC(F)C1F. The summed E-state index contributed by atoms with van der Waals surface area (Å²) in [5.41, 5.74) is -0.662. The lowest BCUT2D eigenvalue weighted by Crippen LogP contribution is -2.33. The van der Waals surface area contributed by atoms with E-state index in [0.29, 0.717) is 0 Å². The molecule has 0 aromatic rings. The van der Waals surface area contributed by atoms with Crippen LogP contribution < -0.4 is 5.32 Å². The Bertz CT molecular complexity index is 227. The third-order valence-corrected chi connectivity index (χ3v) is 1.91. The number of carbonyl (C=O) groups is 1. The molecule has 0 bridgehead atoms. The van der Waals surface area contributed by atoms with Crippen molar-refractivity contribution in [3.8, 4) is 0 Å². The number of rotatable bonds is 1. The van der Waals surface area contributed by atoms with E-state index in [0.717, 1.165) is 0 Å². The first kappa shape index (κ1) is 11.4. The Balaban J connectivity index is 2.54. The predicted molar refractivity (Wildman–Crippen MR) is 47.1 cm³/mol. The second-order valence-corrected chi connectivity index (χ2v) is 4.39. The van der Waals surface area contributed by atoms with E-state index in [9.17, 15) is 13.6 Å². The minimum absolute atomic E-state index is 0.00273. The third-order valence-electron chi connectivity index (χ3n) is 1.91. The highest BCUT2D eigenvalue weighted by Crippen LogP contribution is 2.22. The van der Waals surface area contributed by atoms with E-state index < -0.39 is 30.0 Å². The fourth-order valence-electron chi connectivity index (χ4n) is 1.26. The zero-order valence-corrected chi connectivity index (χ0v) is 8.51. The standard InChI is InChI=1S/C9H15F2NO2/c1-9(2,3)14-8(13)5-4-12-7(11)6(5)10/h5-7,12H,4H2,1-3H3. The Labute approximate surface area is 81.8 Å². The number of ether oxygens (including phenoxy) is 1. The van der Waals surface area contributed by atoms with Crippen molar-refractivity contribution in [2.75, 3.05) is 6.54 Å². The molecule has 1 heterocycles. The van der Waals surface area contributed by atoms with Gasteiger partial charge in [0.25, 0.3) is 0 Å². The Hall–Kier alpha value is -0.710. The Kier molecular flexibility index (Phi) is 3.09. The maximum absolute atomic E-state index is 13.1. The Morgan fingerprint density at radius 1 is 1.43 bits per heavy atom. The monoisotopic (exact) mass is 207 g/mol. The van der Waals surface area contributed by atoms with Gasteiger partial charge in [-0.2, -0.15) is 0 Å². The van der Waals surface area contributed by atoms with E-state index in [2.05, 4.69) is 5.32 Å². The van der Waals surface area contributed by atoms with Gasteiger partial charge >= 0.3 is 5.97 Å². The van der Waals surface area contributed by atoms with Gasteiger partial charge in [-0.05, 0) is 20.8 Å².